The van der Waals surface area contributed by atoms with E-state index in [9.17, 15) is 9.59 Å². The highest BCUT2D eigenvalue weighted by molar-refractivity contribution is 5.93. The van der Waals surface area contributed by atoms with E-state index in [1.165, 1.54) is 95.4 Å². The fraction of sp³-hybridized carbons (Fsp3) is 0.415. The van der Waals surface area contributed by atoms with E-state index in [1.807, 2.05) is 49.4 Å². The number of fused-ring (bicyclic) bond motifs is 1. The van der Waals surface area contributed by atoms with Gasteiger partial charge in [-0.3, -0.25) is 19.4 Å². The number of carbonyl (C=O) groups excluding carboxylic acids is 2. The summed E-state index contributed by atoms with van der Waals surface area (Å²) < 4.78 is 0. The van der Waals surface area contributed by atoms with Gasteiger partial charge in [0.2, 0.25) is 11.8 Å². The summed E-state index contributed by atoms with van der Waals surface area (Å²) in [6, 6.07) is 35.5. The lowest BCUT2D eigenvalue weighted by molar-refractivity contribution is -0.119. The average Bonchev–Trinajstić information content (AvgIpc) is 3.10. The van der Waals surface area contributed by atoms with Crippen molar-refractivity contribution in [1.82, 2.24) is 20.0 Å². The highest BCUT2D eigenvalue weighted by Gasteiger charge is 2.15. The summed E-state index contributed by atoms with van der Waals surface area (Å²) in [5.41, 5.74) is 3.73. The molecule has 2 aliphatic rings. The maximum absolute atomic E-state index is 10.8. The van der Waals surface area contributed by atoms with Crippen LogP contribution in [0.15, 0.2) is 103 Å². The number of rotatable bonds is 7. The maximum atomic E-state index is 10.8. The van der Waals surface area contributed by atoms with E-state index >= 15 is 0 Å². The second-order valence-electron chi connectivity index (χ2n) is 12.3. The Morgan fingerprint density at radius 3 is 1.54 bits per heavy atom. The Bertz CT molecular complexity index is 1450. The van der Waals surface area contributed by atoms with E-state index in [4.69, 9.17) is 0 Å². The van der Waals surface area contributed by atoms with Crippen molar-refractivity contribution in [2.24, 2.45) is 0 Å². The SMILES string of the molecule is CC(=O)Nc1ccc2ccccc2c1.CCN1CCN(Cc2ccccc2)CC1.CCNC(C)=O.c1ccc(CN2CCCCC2)cc1. The molecular formula is C41H57N5O2. The first-order chi connectivity index (χ1) is 23.4. The second kappa shape index (κ2) is 22.5. The summed E-state index contributed by atoms with van der Waals surface area (Å²) in [6.07, 6.45) is 4.19. The first-order valence-electron chi connectivity index (χ1n) is 17.6. The number of piperazine rings is 1. The number of hydrogen-bond donors (Lipinski definition) is 2. The van der Waals surface area contributed by atoms with Crippen molar-refractivity contribution in [3.63, 3.8) is 0 Å². The number of benzene rings is 4. The lowest BCUT2D eigenvalue weighted by Gasteiger charge is -2.34. The van der Waals surface area contributed by atoms with Gasteiger partial charge >= 0.3 is 0 Å². The number of amides is 2. The van der Waals surface area contributed by atoms with Gasteiger partial charge < -0.3 is 15.5 Å². The molecule has 0 aromatic heterocycles. The highest BCUT2D eigenvalue weighted by atomic mass is 16.2. The molecule has 2 fully saturated rings. The summed E-state index contributed by atoms with van der Waals surface area (Å²) in [7, 11) is 0. The Morgan fingerprint density at radius 1 is 0.562 bits per heavy atom. The van der Waals surface area contributed by atoms with E-state index in [0.29, 0.717) is 0 Å². The summed E-state index contributed by atoms with van der Waals surface area (Å²) >= 11 is 0. The molecule has 258 valence electrons. The third-order valence-corrected chi connectivity index (χ3v) is 8.35. The van der Waals surface area contributed by atoms with Crippen molar-refractivity contribution in [2.75, 3.05) is 57.7 Å². The summed E-state index contributed by atoms with van der Waals surface area (Å²) in [4.78, 5) is 28.4. The summed E-state index contributed by atoms with van der Waals surface area (Å²) in [6.45, 7) is 18.8. The molecule has 0 atom stereocenters. The molecule has 7 heteroatoms. The molecule has 4 aromatic rings. The molecule has 0 bridgehead atoms. The van der Waals surface area contributed by atoms with Crippen LogP contribution in [-0.4, -0.2) is 78.9 Å². The zero-order valence-electron chi connectivity index (χ0n) is 29.7. The van der Waals surface area contributed by atoms with Crippen LogP contribution in [0.25, 0.3) is 10.8 Å². The van der Waals surface area contributed by atoms with Crippen LogP contribution < -0.4 is 10.6 Å². The molecule has 2 N–H and O–H groups in total. The van der Waals surface area contributed by atoms with Crippen LogP contribution in [0.1, 0.15) is 58.1 Å². The third kappa shape index (κ3) is 15.7. The Kier molecular flexibility index (Phi) is 18.0. The van der Waals surface area contributed by atoms with Crippen molar-refractivity contribution in [3.8, 4) is 0 Å². The predicted molar refractivity (Wildman–Crippen MR) is 202 cm³/mol. The molecule has 2 amide bonds. The molecule has 48 heavy (non-hydrogen) atoms. The monoisotopic (exact) mass is 651 g/mol. The van der Waals surface area contributed by atoms with Gasteiger partial charge in [-0.15, -0.1) is 0 Å². The van der Waals surface area contributed by atoms with E-state index in [-0.39, 0.29) is 11.8 Å². The molecule has 2 saturated heterocycles. The van der Waals surface area contributed by atoms with Crippen molar-refractivity contribution in [3.05, 3.63) is 114 Å². The average molecular weight is 652 g/mol. The van der Waals surface area contributed by atoms with Crippen molar-refractivity contribution in [2.45, 2.75) is 60.0 Å². The van der Waals surface area contributed by atoms with Crippen LogP contribution >= 0.6 is 0 Å². The van der Waals surface area contributed by atoms with Gasteiger partial charge in [-0.05, 0) is 73.4 Å². The van der Waals surface area contributed by atoms with E-state index in [2.05, 4.69) is 92.9 Å². The minimum atomic E-state index is -0.0414. The minimum absolute atomic E-state index is 0.0394. The summed E-state index contributed by atoms with van der Waals surface area (Å²) in [5, 5.41) is 7.65. The van der Waals surface area contributed by atoms with Gasteiger partial charge in [0.05, 0.1) is 0 Å². The van der Waals surface area contributed by atoms with Gasteiger partial charge in [0.25, 0.3) is 0 Å². The molecular weight excluding hydrogens is 594 g/mol. The molecule has 0 radical (unpaired) electrons. The van der Waals surface area contributed by atoms with Gasteiger partial charge in [0, 0.05) is 65.3 Å². The summed E-state index contributed by atoms with van der Waals surface area (Å²) in [5.74, 6) is -0.00205. The first-order valence-corrected chi connectivity index (χ1v) is 17.6. The van der Waals surface area contributed by atoms with Gasteiger partial charge in [-0.25, -0.2) is 0 Å². The number of likely N-dealkylation sites (N-methyl/N-ethyl adjacent to an activating group) is 1. The van der Waals surface area contributed by atoms with Crippen LogP contribution in [-0.2, 0) is 22.7 Å². The molecule has 6 rings (SSSR count). The number of carbonyl (C=O) groups is 2. The van der Waals surface area contributed by atoms with Crippen LogP contribution in [0.3, 0.4) is 0 Å². The van der Waals surface area contributed by atoms with Crippen LogP contribution in [0, 0.1) is 0 Å². The van der Waals surface area contributed by atoms with Gasteiger partial charge in [-0.2, -0.15) is 0 Å². The molecule has 2 aliphatic heterocycles. The van der Waals surface area contributed by atoms with Crippen LogP contribution in [0.2, 0.25) is 0 Å². The Labute approximate surface area is 289 Å². The fourth-order valence-electron chi connectivity index (χ4n) is 5.78. The van der Waals surface area contributed by atoms with Crippen LogP contribution in [0.4, 0.5) is 5.69 Å². The normalized spacial score (nSPS) is 15.0. The maximum Gasteiger partial charge on any atom is 0.221 e. The van der Waals surface area contributed by atoms with Crippen LogP contribution in [0.5, 0.6) is 0 Å². The van der Waals surface area contributed by atoms with E-state index in [0.717, 1.165) is 30.7 Å². The molecule has 7 nitrogen and oxygen atoms in total. The van der Waals surface area contributed by atoms with Crippen molar-refractivity contribution < 1.29 is 9.59 Å². The van der Waals surface area contributed by atoms with Crippen molar-refractivity contribution in [1.29, 1.82) is 0 Å². The fourth-order valence-corrected chi connectivity index (χ4v) is 5.78. The molecule has 0 aliphatic carbocycles. The van der Waals surface area contributed by atoms with E-state index in [1.54, 1.807) is 0 Å². The lowest BCUT2D eigenvalue weighted by atomic mass is 10.1. The van der Waals surface area contributed by atoms with Gasteiger partial charge in [0.15, 0.2) is 0 Å². The molecule has 2 heterocycles. The largest absolute Gasteiger partial charge is 0.357 e. The number of likely N-dealkylation sites (tertiary alicyclic amines) is 1. The minimum Gasteiger partial charge on any atom is -0.357 e. The number of nitrogens with one attached hydrogen (secondary N) is 2. The number of hydrogen-bond acceptors (Lipinski definition) is 5. The number of nitrogens with zero attached hydrogens (tertiary/aromatic N) is 3. The Morgan fingerprint density at radius 2 is 1.06 bits per heavy atom. The van der Waals surface area contributed by atoms with Gasteiger partial charge in [-0.1, -0.05) is 104 Å². The number of anilines is 1. The van der Waals surface area contributed by atoms with E-state index < -0.39 is 0 Å². The Hall–Kier alpha value is -4.04. The molecule has 0 spiro atoms. The third-order valence-electron chi connectivity index (χ3n) is 8.35. The molecule has 4 aromatic carbocycles. The zero-order chi connectivity index (χ0) is 34.4. The lowest BCUT2D eigenvalue weighted by Crippen LogP contribution is -2.45. The molecule has 0 saturated carbocycles. The topological polar surface area (TPSA) is 67.9 Å². The number of piperidine rings is 1. The predicted octanol–water partition coefficient (Wildman–Crippen LogP) is 7.44. The van der Waals surface area contributed by atoms with Crippen molar-refractivity contribution >= 4 is 28.3 Å². The quantitative estimate of drug-likeness (QED) is 0.218. The zero-order valence-corrected chi connectivity index (χ0v) is 29.7. The Balaban J connectivity index is 0.000000181. The highest BCUT2D eigenvalue weighted by Crippen LogP contribution is 2.18. The molecule has 0 unspecified atom stereocenters. The smallest absolute Gasteiger partial charge is 0.221 e. The second-order valence-corrected chi connectivity index (χ2v) is 12.3. The standard InChI is InChI=1S/C13H20N2.C12H11NO.C12H17N.C4H9NO/c1-2-14-8-10-15(11-9-14)12-13-6-4-3-5-7-13;1-9(14)13-12-7-6-10-4-2-3-5-11(10)8-12;1-3-7-12(8-4-1)11-13-9-5-2-6-10-13;1-3-5-4(2)6/h3-7H,2,8-12H2,1H3;2-8H,1H3,(H,13,14);1,3-4,7-8H,2,5-6,9-11H2;3H2,1-2H3,(H,5,6). The van der Waals surface area contributed by atoms with Gasteiger partial charge in [0.1, 0.15) is 0 Å². The first kappa shape index (κ1) is 38.4.